The van der Waals surface area contributed by atoms with Crippen molar-refractivity contribution in [3.8, 4) is 48.9 Å². The van der Waals surface area contributed by atoms with Gasteiger partial charge in [-0.05, 0) is 173 Å². The quantitative estimate of drug-likeness (QED) is 0.0104. The largest absolute Gasteiger partial charge is 0.455 e. The van der Waals surface area contributed by atoms with Crippen molar-refractivity contribution in [2.45, 2.75) is 164 Å². The third-order valence-corrected chi connectivity index (χ3v) is 9.27. The number of ether oxygens (including phenoxy) is 4. The number of aryl methyl sites for hydroxylation is 4. The van der Waals surface area contributed by atoms with Crippen LogP contribution in [0.1, 0.15) is 158 Å². The van der Waals surface area contributed by atoms with Gasteiger partial charge in [0.1, 0.15) is 49.3 Å². The lowest BCUT2D eigenvalue weighted by Gasteiger charge is -2.18. The van der Waals surface area contributed by atoms with Crippen LogP contribution in [0.15, 0.2) is 60.1 Å². The first-order valence-corrected chi connectivity index (χ1v) is 27.7. The summed E-state index contributed by atoms with van der Waals surface area (Å²) >= 11 is 2.07. The number of hydrogen-bond donors (Lipinski definition) is 4. The number of aliphatic hydroxyl groups excluding tert-OH is 1. The van der Waals surface area contributed by atoms with Gasteiger partial charge in [-0.15, -0.1) is 71.9 Å². The second kappa shape index (κ2) is 41.3. The maximum atomic E-state index is 11.9. The Labute approximate surface area is 526 Å². The fraction of sp³-hybridized carbons (Fsp3) is 0.474. The number of unbranched alkanes of at least 4 members (excludes halogenated alkanes) is 1. The monoisotopic (exact) mass is 1330 g/mol. The second-order valence-corrected chi connectivity index (χ2v) is 22.3. The lowest BCUT2D eigenvalue weighted by molar-refractivity contribution is -0.147. The topological polar surface area (TPSA) is 422 Å². The van der Waals surface area contributed by atoms with Crippen LogP contribution in [-0.4, -0.2) is 141 Å². The molecule has 30 nitrogen and oxygen atoms in total. The number of nitrogens with two attached hydrogens (primary N) is 3. The smallest absolute Gasteiger partial charge is 0.384 e. The second-order valence-electron chi connectivity index (χ2n) is 21.2. The van der Waals surface area contributed by atoms with Crippen LogP contribution in [0.25, 0.3) is 10.4 Å². The summed E-state index contributed by atoms with van der Waals surface area (Å²) in [7, 11) is 1.00. The zero-order valence-electron chi connectivity index (χ0n) is 51.9. The molecular weight excluding hydrogens is 1250 g/mol. The Morgan fingerprint density at radius 1 is 0.568 bits per heavy atom. The molecule has 0 fully saturated rings. The lowest BCUT2D eigenvalue weighted by atomic mass is 10.2. The van der Waals surface area contributed by atoms with Gasteiger partial charge in [0.15, 0.2) is 17.1 Å². The minimum Gasteiger partial charge on any atom is -0.455 e. The van der Waals surface area contributed by atoms with Crippen LogP contribution in [0.4, 0.5) is 17.5 Å². The first-order chi connectivity index (χ1) is 41.2. The molecule has 0 saturated heterocycles. The number of carbonyl (C=O) groups excluding carboxylic acids is 4. The SMILES string of the molecule is C#CC(=O)OC(C)(C)C.C#CCCN=[N+]=[N-].C#CCCn1cc(C(=O)OC(C)(C)C)nn1.CC(C)(C)OC(=O)c1cn(CCC#Cc2ccc(N)nn2)nn1.CC(C)(C)OC(=O)c1cn(CCCCc2ccc(N)nn2)nn1.CO.Nc1ccc(I)nn1. The van der Waals surface area contributed by atoms with Gasteiger partial charge in [-0.3, -0.25) is 14.0 Å². The number of azide groups is 1. The van der Waals surface area contributed by atoms with E-state index in [1.165, 1.54) is 10.9 Å². The highest BCUT2D eigenvalue weighted by atomic mass is 127. The summed E-state index contributed by atoms with van der Waals surface area (Å²) in [6, 6.07) is 10.5. The van der Waals surface area contributed by atoms with Crippen LogP contribution in [0.5, 0.6) is 0 Å². The summed E-state index contributed by atoms with van der Waals surface area (Å²) in [6.07, 6.45) is 23.7. The van der Waals surface area contributed by atoms with Crippen LogP contribution in [0.3, 0.4) is 0 Å². The lowest BCUT2D eigenvalue weighted by Crippen LogP contribution is -2.24. The number of nitrogen functional groups attached to an aromatic ring is 3. The molecule has 0 radical (unpaired) electrons. The summed E-state index contributed by atoms with van der Waals surface area (Å²) < 4.78 is 25.9. The predicted molar refractivity (Wildman–Crippen MR) is 336 cm³/mol. The van der Waals surface area contributed by atoms with Crippen molar-refractivity contribution in [3.05, 3.63) is 97.6 Å². The van der Waals surface area contributed by atoms with Crippen molar-refractivity contribution in [3.63, 3.8) is 0 Å². The van der Waals surface area contributed by atoms with E-state index in [-0.39, 0.29) is 17.1 Å². The van der Waals surface area contributed by atoms with Crippen molar-refractivity contribution in [1.82, 2.24) is 75.6 Å². The number of anilines is 3. The fourth-order valence-electron chi connectivity index (χ4n) is 5.28. The molecule has 0 bridgehead atoms. The van der Waals surface area contributed by atoms with Crippen molar-refractivity contribution in [2.24, 2.45) is 5.11 Å². The molecule has 6 heterocycles. The van der Waals surface area contributed by atoms with E-state index < -0.39 is 46.3 Å². The molecule has 0 spiro atoms. The van der Waals surface area contributed by atoms with Gasteiger partial charge >= 0.3 is 23.9 Å². The number of halogens is 1. The van der Waals surface area contributed by atoms with Crippen LogP contribution >= 0.6 is 22.6 Å². The minimum atomic E-state index is -0.609. The van der Waals surface area contributed by atoms with E-state index in [4.69, 9.17) is 66.1 Å². The number of aliphatic hydroxyl groups is 1. The Morgan fingerprint density at radius 3 is 1.34 bits per heavy atom. The average molecular weight is 1330 g/mol. The highest BCUT2D eigenvalue weighted by Crippen LogP contribution is 2.14. The molecular formula is C57H78IN21O9. The maximum Gasteiger partial charge on any atom is 0.384 e. The number of esters is 4. The molecule has 0 aliphatic carbocycles. The minimum absolute atomic E-state index is 0.178. The van der Waals surface area contributed by atoms with E-state index in [1.54, 1.807) is 108 Å². The van der Waals surface area contributed by atoms with Crippen LogP contribution in [-0.2, 0) is 49.8 Å². The molecule has 6 aromatic rings. The third kappa shape index (κ3) is 40.4. The van der Waals surface area contributed by atoms with Gasteiger partial charge in [-0.25, -0.2) is 19.2 Å². The first-order valence-electron chi connectivity index (χ1n) is 26.6. The highest BCUT2D eigenvalue weighted by molar-refractivity contribution is 14.1. The van der Waals surface area contributed by atoms with Crippen LogP contribution in [0, 0.1) is 52.6 Å². The fourth-order valence-corrected chi connectivity index (χ4v) is 5.57. The zero-order valence-corrected chi connectivity index (χ0v) is 54.0. The van der Waals surface area contributed by atoms with E-state index in [1.807, 2.05) is 38.8 Å². The average Bonchev–Trinajstić information content (AvgIpc) is 4.48. The van der Waals surface area contributed by atoms with Gasteiger partial charge in [-0.2, -0.15) is 5.10 Å². The summed E-state index contributed by atoms with van der Waals surface area (Å²) in [5, 5.41) is 55.8. The Balaban J connectivity index is 0.00000109. The van der Waals surface area contributed by atoms with Crippen LogP contribution in [0.2, 0.25) is 0 Å². The molecule has 6 rings (SSSR count). The summed E-state index contributed by atoms with van der Waals surface area (Å²) in [5.41, 5.74) is 23.8. The maximum absolute atomic E-state index is 11.9. The Kier molecular flexibility index (Phi) is 36.7. The van der Waals surface area contributed by atoms with E-state index in [9.17, 15) is 19.2 Å². The van der Waals surface area contributed by atoms with Crippen molar-refractivity contribution in [2.75, 3.05) is 30.9 Å². The third-order valence-electron chi connectivity index (χ3n) is 8.69. The zero-order chi connectivity index (χ0) is 66.9. The molecule has 88 heavy (non-hydrogen) atoms. The van der Waals surface area contributed by atoms with Gasteiger partial charge in [0.2, 0.25) is 0 Å². The number of nitrogens with zero attached hydrogens (tertiary/aromatic N) is 18. The number of terminal acetylenes is 3. The molecule has 7 N–H and O–H groups in total. The van der Waals surface area contributed by atoms with Crippen molar-refractivity contribution < 1.29 is 43.2 Å². The molecule has 0 atom stereocenters. The predicted octanol–water partition coefficient (Wildman–Crippen LogP) is 6.49. The molecule has 0 unspecified atom stereocenters. The standard InChI is InChI=1S/C15H22N6O2.C15H18N6O2.C11H15N3O2.C7H10O2.C4H4IN3.C4H5N3.CH4O/c2*1-15(2,3)23-14(22)12-10-21(20-18-12)9-5-4-6-11-7-8-13(16)19-17-11;1-5-6-7-14-8-9(12-13-14)10(15)16-11(2,3)4;1-5-6(8)9-7(2,3)4;5-3-1-2-4(6)8-7-3;1-2-3-4-6-7-5;1-2/h7-8,10H,4-6,9H2,1-3H3,(H2,16,19);7-8,10H,5,9H2,1-3H3,(H2,16,19);1,8H,6-7H2,2-4H3;1H,2-4H3;1-2H,(H2,6,8);1H,3-4H2;2H,1H3. The van der Waals surface area contributed by atoms with Crippen molar-refractivity contribution in [1.29, 1.82) is 0 Å². The summed E-state index contributed by atoms with van der Waals surface area (Å²) in [4.78, 5) is 48.1. The molecule has 0 aliphatic heterocycles. The molecule has 472 valence electrons. The van der Waals surface area contributed by atoms with Gasteiger partial charge in [-0.1, -0.05) is 26.7 Å². The Bertz CT molecular complexity index is 3260. The number of aromatic nitrogens is 15. The van der Waals surface area contributed by atoms with Gasteiger partial charge in [0.25, 0.3) is 0 Å². The molecule has 6 aromatic heterocycles. The molecule has 0 aromatic carbocycles. The molecule has 0 saturated carbocycles. The molecule has 0 aliphatic rings. The first kappa shape index (κ1) is 78.2. The highest BCUT2D eigenvalue weighted by Gasteiger charge is 2.23. The normalized spacial score (nSPS) is 10.2. The Hall–Kier alpha value is -9.82. The number of hydrogen-bond acceptors (Lipinski definition) is 25. The van der Waals surface area contributed by atoms with E-state index in [2.05, 4.69) is 118 Å². The molecule has 0 amide bonds. The van der Waals surface area contributed by atoms with Gasteiger partial charge in [0, 0.05) is 50.3 Å². The van der Waals surface area contributed by atoms with Crippen molar-refractivity contribution >= 4 is 63.9 Å². The summed E-state index contributed by atoms with van der Waals surface area (Å²) in [6.45, 7) is 23.7. The van der Waals surface area contributed by atoms with Gasteiger partial charge < -0.3 is 41.3 Å². The van der Waals surface area contributed by atoms with Gasteiger partial charge in [0.05, 0.1) is 37.4 Å². The van der Waals surface area contributed by atoms with E-state index in [0.29, 0.717) is 68.6 Å². The summed E-state index contributed by atoms with van der Waals surface area (Å²) in [5.74, 6) is 11.7. The van der Waals surface area contributed by atoms with E-state index in [0.717, 1.165) is 35.8 Å². The Morgan fingerprint density at radius 2 is 0.989 bits per heavy atom. The van der Waals surface area contributed by atoms with E-state index >= 15 is 0 Å². The molecule has 31 heteroatoms. The number of carbonyl (C=O) groups is 4. The number of rotatable bonds is 14. The van der Waals surface area contributed by atoms with Crippen LogP contribution < -0.4 is 17.2 Å².